The highest BCUT2D eigenvalue weighted by Gasteiger charge is 2.11. The molecule has 0 amide bonds. The van der Waals surface area contributed by atoms with E-state index in [4.69, 9.17) is 4.55 Å². The van der Waals surface area contributed by atoms with Crippen LogP contribution in [0.15, 0.2) is 35.4 Å². The third-order valence-corrected chi connectivity index (χ3v) is 2.58. The molecule has 2 rings (SSSR count). The summed E-state index contributed by atoms with van der Waals surface area (Å²) in [6.07, 6.45) is 1.36. The van der Waals surface area contributed by atoms with Gasteiger partial charge in [-0.05, 0) is 18.2 Å². The van der Waals surface area contributed by atoms with Crippen LogP contribution >= 0.6 is 12.0 Å². The summed E-state index contributed by atoms with van der Waals surface area (Å²) >= 11 is 0.555. The molecule has 0 aliphatic carbocycles. The molecule has 3 nitrogen and oxygen atoms in total. The zero-order valence-electron chi connectivity index (χ0n) is 7.93. The van der Waals surface area contributed by atoms with E-state index in [1.165, 1.54) is 6.20 Å². The maximum Gasteiger partial charge on any atom is 0.388 e. The summed E-state index contributed by atoms with van der Waals surface area (Å²) in [5.74, 6) is -0.136. The van der Waals surface area contributed by atoms with Gasteiger partial charge in [0.15, 0.2) is 0 Å². The standard InChI is InChI=1S/C10H7F2NO2S/c11-10(12)15-9-7-2-1-3-8(16-14)6(7)4-5-13-9/h1-5,10,14H. The van der Waals surface area contributed by atoms with Crippen molar-refractivity contribution < 1.29 is 18.1 Å². The maximum absolute atomic E-state index is 12.1. The number of rotatable bonds is 3. The van der Waals surface area contributed by atoms with E-state index in [-0.39, 0.29) is 5.88 Å². The second kappa shape index (κ2) is 4.63. The minimum absolute atomic E-state index is 0.136. The molecule has 84 valence electrons. The first kappa shape index (κ1) is 11.1. The smallest absolute Gasteiger partial charge is 0.388 e. The van der Waals surface area contributed by atoms with Crippen LogP contribution in [0.5, 0.6) is 5.88 Å². The maximum atomic E-state index is 12.1. The Morgan fingerprint density at radius 1 is 1.25 bits per heavy atom. The predicted octanol–water partition coefficient (Wildman–Crippen LogP) is 3.40. The van der Waals surface area contributed by atoms with Gasteiger partial charge in [0.25, 0.3) is 0 Å². The van der Waals surface area contributed by atoms with Gasteiger partial charge >= 0.3 is 6.61 Å². The van der Waals surface area contributed by atoms with Crippen LogP contribution in [0.2, 0.25) is 0 Å². The number of nitrogens with zero attached hydrogens (tertiary/aromatic N) is 1. The number of ether oxygens (including phenoxy) is 1. The van der Waals surface area contributed by atoms with Crippen molar-refractivity contribution in [3.05, 3.63) is 30.5 Å². The lowest BCUT2D eigenvalue weighted by molar-refractivity contribution is -0.0517. The van der Waals surface area contributed by atoms with Crippen molar-refractivity contribution in [3.63, 3.8) is 0 Å². The fraction of sp³-hybridized carbons (Fsp3) is 0.100. The van der Waals surface area contributed by atoms with Crippen LogP contribution in [0.4, 0.5) is 8.78 Å². The second-order valence-corrected chi connectivity index (χ2v) is 3.56. The molecule has 0 aliphatic heterocycles. The molecule has 1 N–H and O–H groups in total. The molecule has 2 aromatic rings. The van der Waals surface area contributed by atoms with E-state index < -0.39 is 6.61 Å². The molecule has 1 aromatic heterocycles. The summed E-state index contributed by atoms with van der Waals surface area (Å²) in [6, 6.07) is 6.56. The van der Waals surface area contributed by atoms with E-state index in [1.54, 1.807) is 24.3 Å². The minimum Gasteiger partial charge on any atom is -0.416 e. The molecule has 1 heterocycles. The normalized spacial score (nSPS) is 11.0. The van der Waals surface area contributed by atoms with Crippen molar-refractivity contribution in [2.75, 3.05) is 0 Å². The third-order valence-electron chi connectivity index (χ3n) is 2.03. The van der Waals surface area contributed by atoms with Crippen LogP contribution in [0.1, 0.15) is 0 Å². The minimum atomic E-state index is -2.91. The molecule has 0 saturated carbocycles. The summed E-state index contributed by atoms with van der Waals surface area (Å²) < 4.78 is 37.5. The highest BCUT2D eigenvalue weighted by molar-refractivity contribution is 7.94. The van der Waals surface area contributed by atoms with Crippen molar-refractivity contribution in [1.82, 2.24) is 4.98 Å². The number of benzene rings is 1. The lowest BCUT2D eigenvalue weighted by Gasteiger charge is -2.08. The molecule has 0 bridgehead atoms. The molecule has 0 radical (unpaired) electrons. The molecular formula is C10H7F2NO2S. The number of fused-ring (bicyclic) bond motifs is 1. The quantitative estimate of drug-likeness (QED) is 0.839. The number of aromatic nitrogens is 1. The Kier molecular flexibility index (Phi) is 3.21. The van der Waals surface area contributed by atoms with Crippen molar-refractivity contribution in [2.24, 2.45) is 0 Å². The SMILES string of the molecule is OSc1cccc2c(OC(F)F)nccc12. The molecule has 0 fully saturated rings. The van der Waals surface area contributed by atoms with Gasteiger partial charge in [0, 0.05) is 33.9 Å². The molecule has 0 saturated heterocycles. The molecule has 6 heteroatoms. The summed E-state index contributed by atoms with van der Waals surface area (Å²) in [7, 11) is 0. The number of halogens is 2. The number of hydrogen-bond acceptors (Lipinski definition) is 4. The van der Waals surface area contributed by atoms with Gasteiger partial charge in [-0.15, -0.1) is 0 Å². The van der Waals surface area contributed by atoms with Gasteiger partial charge in [-0.25, -0.2) is 4.98 Å². The molecular weight excluding hydrogens is 236 g/mol. The first-order valence-corrected chi connectivity index (χ1v) is 5.13. The van der Waals surface area contributed by atoms with Gasteiger partial charge in [-0.2, -0.15) is 8.78 Å². The zero-order valence-corrected chi connectivity index (χ0v) is 8.75. The molecule has 0 aliphatic rings. The lowest BCUT2D eigenvalue weighted by Crippen LogP contribution is -2.03. The topological polar surface area (TPSA) is 42.4 Å². The molecule has 16 heavy (non-hydrogen) atoms. The molecule has 1 aromatic carbocycles. The van der Waals surface area contributed by atoms with Crippen molar-refractivity contribution in [1.29, 1.82) is 0 Å². The Balaban J connectivity index is 2.59. The third kappa shape index (κ3) is 2.07. The summed E-state index contributed by atoms with van der Waals surface area (Å²) in [5.41, 5.74) is 0. The summed E-state index contributed by atoms with van der Waals surface area (Å²) in [6.45, 7) is -2.91. The number of pyridine rings is 1. The van der Waals surface area contributed by atoms with E-state index in [2.05, 4.69) is 9.72 Å². The van der Waals surface area contributed by atoms with Gasteiger partial charge in [-0.3, -0.25) is 0 Å². The highest BCUT2D eigenvalue weighted by atomic mass is 32.2. The van der Waals surface area contributed by atoms with Crippen LogP contribution in [0.3, 0.4) is 0 Å². The second-order valence-electron chi connectivity index (χ2n) is 2.94. The number of alkyl halides is 2. The van der Waals surface area contributed by atoms with Crippen LogP contribution in [-0.2, 0) is 0 Å². The molecule has 0 spiro atoms. The summed E-state index contributed by atoms with van der Waals surface area (Å²) in [4.78, 5) is 4.30. The van der Waals surface area contributed by atoms with Crippen molar-refractivity contribution in [2.45, 2.75) is 11.5 Å². The lowest BCUT2D eigenvalue weighted by atomic mass is 10.2. The number of hydrogen-bond donors (Lipinski definition) is 1. The van der Waals surface area contributed by atoms with Crippen LogP contribution in [0.25, 0.3) is 10.8 Å². The zero-order chi connectivity index (χ0) is 11.5. The highest BCUT2D eigenvalue weighted by Crippen LogP contribution is 2.30. The first-order valence-electron chi connectivity index (χ1n) is 4.36. The average Bonchev–Trinajstić information content (AvgIpc) is 2.28. The Morgan fingerprint density at radius 3 is 2.75 bits per heavy atom. The van der Waals surface area contributed by atoms with E-state index in [0.29, 0.717) is 27.7 Å². The van der Waals surface area contributed by atoms with Gasteiger partial charge < -0.3 is 9.29 Å². The van der Waals surface area contributed by atoms with Crippen LogP contribution in [0, 0.1) is 0 Å². The Hall–Kier alpha value is -1.40. The van der Waals surface area contributed by atoms with E-state index in [9.17, 15) is 8.78 Å². The van der Waals surface area contributed by atoms with Crippen molar-refractivity contribution >= 4 is 22.8 Å². The van der Waals surface area contributed by atoms with Crippen molar-refractivity contribution in [3.8, 4) is 5.88 Å². The van der Waals surface area contributed by atoms with Gasteiger partial charge in [0.2, 0.25) is 5.88 Å². The Morgan fingerprint density at radius 2 is 2.06 bits per heavy atom. The average molecular weight is 243 g/mol. The predicted molar refractivity (Wildman–Crippen MR) is 56.9 cm³/mol. The van der Waals surface area contributed by atoms with E-state index in [0.717, 1.165) is 0 Å². The Labute approximate surface area is 94.3 Å². The van der Waals surface area contributed by atoms with Gasteiger partial charge in [0.1, 0.15) is 0 Å². The fourth-order valence-corrected chi connectivity index (χ4v) is 1.83. The Bertz CT molecular complexity index is 507. The van der Waals surface area contributed by atoms with Gasteiger partial charge in [0.05, 0.1) is 0 Å². The fourth-order valence-electron chi connectivity index (χ4n) is 1.41. The van der Waals surface area contributed by atoms with Gasteiger partial charge in [-0.1, -0.05) is 6.07 Å². The molecule has 0 unspecified atom stereocenters. The molecule has 0 atom stereocenters. The van der Waals surface area contributed by atoms with Crippen LogP contribution in [-0.4, -0.2) is 16.1 Å². The summed E-state index contributed by atoms with van der Waals surface area (Å²) in [5, 5.41) is 1.07. The largest absolute Gasteiger partial charge is 0.416 e. The monoisotopic (exact) mass is 243 g/mol. The van der Waals surface area contributed by atoms with E-state index in [1.807, 2.05) is 0 Å². The first-order chi connectivity index (χ1) is 7.72. The van der Waals surface area contributed by atoms with E-state index >= 15 is 0 Å². The van der Waals surface area contributed by atoms with Crippen LogP contribution < -0.4 is 4.74 Å².